The Morgan fingerprint density at radius 3 is 2.21 bits per heavy atom. The van der Waals surface area contributed by atoms with Crippen molar-refractivity contribution in [3.05, 3.63) is 53.0 Å². The molecule has 144 valence electrons. The standard InChI is InChI=1S/C25H28N2O/c1-24(2)11-16-20-18(13-24)27(5)23(15-9-7-6-8-10-15)22(20)21-17(26-16)12-25(3,4)14-19(21)28/h6-10H,11-14H2,1-5H3. The average molecular weight is 373 g/mol. The van der Waals surface area contributed by atoms with Crippen molar-refractivity contribution in [1.82, 2.24) is 9.55 Å². The Morgan fingerprint density at radius 1 is 0.857 bits per heavy atom. The first-order chi connectivity index (χ1) is 13.2. The molecule has 3 nitrogen and oxygen atoms in total. The zero-order valence-corrected chi connectivity index (χ0v) is 17.5. The smallest absolute Gasteiger partial charge is 0.165 e. The zero-order valence-electron chi connectivity index (χ0n) is 17.5. The van der Waals surface area contributed by atoms with E-state index < -0.39 is 0 Å². The molecule has 0 spiro atoms. The summed E-state index contributed by atoms with van der Waals surface area (Å²) in [5, 5.41) is 2.40. The Hall–Kier alpha value is -2.42. The summed E-state index contributed by atoms with van der Waals surface area (Å²) < 4.78 is 2.33. The number of ketones is 1. The number of carbonyl (C=O) groups is 1. The van der Waals surface area contributed by atoms with Crippen LogP contribution in [0.15, 0.2) is 30.3 Å². The Morgan fingerprint density at radius 2 is 1.50 bits per heavy atom. The minimum absolute atomic E-state index is 0.0216. The first-order valence-corrected chi connectivity index (χ1v) is 10.3. The monoisotopic (exact) mass is 372 g/mol. The van der Waals surface area contributed by atoms with E-state index in [1.165, 1.54) is 28.0 Å². The van der Waals surface area contributed by atoms with E-state index >= 15 is 0 Å². The van der Waals surface area contributed by atoms with Crippen LogP contribution in [0.4, 0.5) is 0 Å². The van der Waals surface area contributed by atoms with Crippen LogP contribution in [0.25, 0.3) is 22.0 Å². The molecule has 0 N–H and O–H groups in total. The third-order valence-corrected chi connectivity index (χ3v) is 6.52. The maximum absolute atomic E-state index is 13.3. The fourth-order valence-electron chi connectivity index (χ4n) is 5.41. The predicted octanol–water partition coefficient (Wildman–Crippen LogP) is 5.52. The summed E-state index contributed by atoms with van der Waals surface area (Å²) in [5.74, 6) is 0.254. The normalized spacial score (nSPS) is 19.7. The summed E-state index contributed by atoms with van der Waals surface area (Å²) >= 11 is 0. The van der Waals surface area contributed by atoms with E-state index in [1.54, 1.807) is 0 Å². The van der Waals surface area contributed by atoms with Gasteiger partial charge in [0.05, 0.1) is 17.1 Å². The molecular weight excluding hydrogens is 344 g/mol. The van der Waals surface area contributed by atoms with Crippen LogP contribution in [-0.2, 0) is 26.3 Å². The van der Waals surface area contributed by atoms with Crippen LogP contribution in [0.5, 0.6) is 0 Å². The van der Waals surface area contributed by atoms with Crippen molar-refractivity contribution in [2.75, 3.05) is 0 Å². The van der Waals surface area contributed by atoms with Crippen LogP contribution in [-0.4, -0.2) is 15.3 Å². The lowest BCUT2D eigenvalue weighted by molar-refractivity contribution is 0.0912. The van der Waals surface area contributed by atoms with Crippen molar-refractivity contribution in [2.45, 2.75) is 53.4 Å². The number of carbonyl (C=O) groups excluding carboxylic acids is 1. The maximum Gasteiger partial charge on any atom is 0.165 e. The summed E-state index contributed by atoms with van der Waals surface area (Å²) in [4.78, 5) is 18.4. The topological polar surface area (TPSA) is 34.9 Å². The average Bonchev–Trinajstić information content (AvgIpc) is 2.86. The van der Waals surface area contributed by atoms with Crippen LogP contribution in [0, 0.1) is 10.8 Å². The van der Waals surface area contributed by atoms with Gasteiger partial charge in [0.15, 0.2) is 5.78 Å². The molecule has 0 bridgehead atoms. The molecule has 2 heterocycles. The van der Waals surface area contributed by atoms with E-state index in [1.807, 2.05) is 6.07 Å². The van der Waals surface area contributed by atoms with Gasteiger partial charge in [0.2, 0.25) is 0 Å². The molecule has 0 saturated heterocycles. The Balaban J connectivity index is 1.94. The highest BCUT2D eigenvalue weighted by atomic mass is 16.1. The number of hydrogen-bond acceptors (Lipinski definition) is 2. The van der Waals surface area contributed by atoms with E-state index in [4.69, 9.17) is 4.98 Å². The Bertz CT molecular complexity index is 1130. The van der Waals surface area contributed by atoms with Gasteiger partial charge in [0.1, 0.15) is 0 Å². The fourth-order valence-corrected chi connectivity index (χ4v) is 5.41. The van der Waals surface area contributed by atoms with Crippen LogP contribution in [0.1, 0.15) is 61.6 Å². The van der Waals surface area contributed by atoms with E-state index in [2.05, 4.69) is 63.6 Å². The lowest BCUT2D eigenvalue weighted by Crippen LogP contribution is -2.30. The third-order valence-electron chi connectivity index (χ3n) is 6.52. The maximum atomic E-state index is 13.3. The molecule has 2 aromatic heterocycles. The van der Waals surface area contributed by atoms with Crippen molar-refractivity contribution >= 4 is 16.6 Å². The van der Waals surface area contributed by atoms with Gasteiger partial charge in [-0.2, -0.15) is 0 Å². The second-order valence-electron chi connectivity index (χ2n) is 10.3. The highest BCUT2D eigenvalue weighted by molar-refractivity contribution is 6.16. The number of rotatable bonds is 1. The molecule has 5 rings (SSSR count). The number of Topliss-reactive ketones (excluding diaryl/α,β-unsaturated/α-hetero) is 1. The lowest BCUT2D eigenvalue weighted by Gasteiger charge is -2.33. The van der Waals surface area contributed by atoms with Gasteiger partial charge in [-0.25, -0.2) is 0 Å². The Labute approximate surface area is 166 Å². The summed E-state index contributed by atoms with van der Waals surface area (Å²) in [6.07, 6.45) is 3.45. The molecule has 1 aromatic carbocycles. The highest BCUT2D eigenvalue weighted by Gasteiger charge is 2.39. The number of benzene rings is 1. The van der Waals surface area contributed by atoms with E-state index in [9.17, 15) is 4.79 Å². The molecule has 0 radical (unpaired) electrons. The van der Waals surface area contributed by atoms with Crippen LogP contribution in [0.3, 0.4) is 0 Å². The number of nitrogens with zero attached hydrogens (tertiary/aromatic N) is 2. The first kappa shape index (κ1) is 17.7. The van der Waals surface area contributed by atoms with Gasteiger partial charge >= 0.3 is 0 Å². The summed E-state index contributed by atoms with van der Waals surface area (Å²) in [7, 11) is 2.16. The second-order valence-corrected chi connectivity index (χ2v) is 10.3. The lowest BCUT2D eigenvalue weighted by atomic mass is 9.72. The molecule has 2 aliphatic rings. The van der Waals surface area contributed by atoms with Gasteiger partial charge in [0, 0.05) is 35.5 Å². The minimum atomic E-state index is -0.0216. The molecule has 3 heteroatoms. The minimum Gasteiger partial charge on any atom is -0.346 e. The van der Waals surface area contributed by atoms with Crippen LogP contribution < -0.4 is 0 Å². The molecule has 0 unspecified atom stereocenters. The summed E-state index contributed by atoms with van der Waals surface area (Å²) in [6.45, 7) is 9.02. The van der Waals surface area contributed by atoms with Gasteiger partial charge in [-0.3, -0.25) is 9.78 Å². The molecule has 0 aliphatic heterocycles. The van der Waals surface area contributed by atoms with Crippen molar-refractivity contribution in [3.8, 4) is 11.3 Å². The number of pyridine rings is 1. The molecule has 0 saturated carbocycles. The van der Waals surface area contributed by atoms with E-state index in [0.717, 1.165) is 35.9 Å². The SMILES string of the molecule is Cn1c2c3c(nc4c(c3c1-c1ccccc1)C(=O)CC(C)(C)C4)CC(C)(C)C2. The fraction of sp³-hybridized carbons (Fsp3) is 0.440. The van der Waals surface area contributed by atoms with Gasteiger partial charge in [0.25, 0.3) is 0 Å². The quantitative estimate of drug-likeness (QED) is 0.564. The predicted molar refractivity (Wildman–Crippen MR) is 114 cm³/mol. The molecule has 0 fully saturated rings. The largest absolute Gasteiger partial charge is 0.346 e. The van der Waals surface area contributed by atoms with Gasteiger partial charge in [-0.05, 0) is 35.7 Å². The zero-order chi connectivity index (χ0) is 19.8. The van der Waals surface area contributed by atoms with Gasteiger partial charge in [-0.1, -0.05) is 58.0 Å². The van der Waals surface area contributed by atoms with Crippen molar-refractivity contribution in [3.63, 3.8) is 0 Å². The Kier molecular flexibility index (Phi) is 3.51. The summed E-state index contributed by atoms with van der Waals surface area (Å²) in [5.41, 5.74) is 6.92. The molecular formula is C25H28N2O. The molecule has 0 amide bonds. The second kappa shape index (κ2) is 5.56. The van der Waals surface area contributed by atoms with E-state index in [-0.39, 0.29) is 16.6 Å². The highest BCUT2D eigenvalue weighted by Crippen LogP contribution is 2.47. The number of hydrogen-bond donors (Lipinski definition) is 0. The first-order valence-electron chi connectivity index (χ1n) is 10.3. The number of fused-ring (bicyclic) bond motifs is 2. The van der Waals surface area contributed by atoms with Gasteiger partial charge < -0.3 is 4.57 Å². The third kappa shape index (κ3) is 2.48. The van der Waals surface area contributed by atoms with Crippen LogP contribution in [0.2, 0.25) is 0 Å². The molecule has 28 heavy (non-hydrogen) atoms. The summed E-state index contributed by atoms with van der Waals surface area (Å²) in [6, 6.07) is 10.5. The number of aromatic nitrogens is 2. The van der Waals surface area contributed by atoms with Gasteiger partial charge in [-0.15, -0.1) is 0 Å². The molecule has 0 atom stereocenters. The van der Waals surface area contributed by atoms with E-state index in [0.29, 0.717) is 6.42 Å². The molecule has 2 aliphatic carbocycles. The van der Waals surface area contributed by atoms with Crippen molar-refractivity contribution in [1.29, 1.82) is 0 Å². The molecule has 3 aromatic rings. The van der Waals surface area contributed by atoms with Crippen molar-refractivity contribution in [2.24, 2.45) is 17.9 Å². The van der Waals surface area contributed by atoms with Crippen LogP contribution >= 0.6 is 0 Å². The van der Waals surface area contributed by atoms with Crippen molar-refractivity contribution < 1.29 is 4.79 Å².